The minimum atomic E-state index is -4.09. The summed E-state index contributed by atoms with van der Waals surface area (Å²) in [5.74, 6) is -3.30. The van der Waals surface area contributed by atoms with Crippen LogP contribution in [0.4, 0.5) is 8.78 Å². The van der Waals surface area contributed by atoms with Gasteiger partial charge >= 0.3 is 0 Å². The van der Waals surface area contributed by atoms with Gasteiger partial charge in [0.2, 0.25) is 10.0 Å². The minimum Gasteiger partial charge on any atom is -0.325 e. The molecule has 0 radical (unpaired) electrons. The number of sulfonamides is 1. The molecule has 0 amide bonds. The van der Waals surface area contributed by atoms with E-state index in [1.807, 2.05) is 4.72 Å². The van der Waals surface area contributed by atoms with E-state index in [0.717, 1.165) is 6.20 Å². The molecule has 0 fully saturated rings. The maximum Gasteiger partial charge on any atom is 0.273 e. The summed E-state index contributed by atoms with van der Waals surface area (Å²) in [5.41, 5.74) is 5.98. The molecular formula is C11H16ClF2N5O2S. The standard InChI is InChI=1S/C11H15F2N5O2S.ClH/c1-7-9-3-8(4-15-10(9)18(2)17-7)21(19,20)16-6-11(12,13)5-14;/h3-4,16H,5-6,14H2,1-2H3;1H. The summed E-state index contributed by atoms with van der Waals surface area (Å²) in [7, 11) is -2.41. The van der Waals surface area contributed by atoms with Crippen LogP contribution in [0.5, 0.6) is 0 Å². The summed E-state index contributed by atoms with van der Waals surface area (Å²) in [4.78, 5) is 3.81. The van der Waals surface area contributed by atoms with Crippen LogP contribution < -0.4 is 10.5 Å². The molecule has 11 heteroatoms. The van der Waals surface area contributed by atoms with E-state index in [4.69, 9.17) is 5.73 Å². The smallest absolute Gasteiger partial charge is 0.273 e. The normalized spacial score (nSPS) is 12.4. The van der Waals surface area contributed by atoms with Crippen molar-refractivity contribution in [1.82, 2.24) is 19.5 Å². The second-order valence-electron chi connectivity index (χ2n) is 4.64. The van der Waals surface area contributed by atoms with Crippen LogP contribution in [0.1, 0.15) is 5.69 Å². The Kier molecular flexibility index (Phi) is 5.44. The van der Waals surface area contributed by atoms with Crippen LogP contribution in [-0.2, 0) is 17.1 Å². The average Bonchev–Trinajstić information content (AvgIpc) is 2.72. The molecule has 0 unspecified atom stereocenters. The zero-order chi connectivity index (χ0) is 15.8. The number of nitrogens with zero attached hydrogens (tertiary/aromatic N) is 3. The number of alkyl halides is 2. The monoisotopic (exact) mass is 355 g/mol. The lowest BCUT2D eigenvalue weighted by molar-refractivity contribution is 0.0170. The van der Waals surface area contributed by atoms with Gasteiger partial charge in [-0.1, -0.05) is 0 Å². The van der Waals surface area contributed by atoms with Gasteiger partial charge in [-0.3, -0.25) is 4.68 Å². The first-order chi connectivity index (χ1) is 9.66. The Bertz CT molecular complexity index is 778. The van der Waals surface area contributed by atoms with Gasteiger partial charge in [0.15, 0.2) is 5.65 Å². The zero-order valence-electron chi connectivity index (χ0n) is 11.9. The summed E-state index contributed by atoms with van der Waals surface area (Å²) < 4.78 is 53.4. The van der Waals surface area contributed by atoms with Crippen molar-refractivity contribution in [2.45, 2.75) is 17.7 Å². The number of nitrogens with two attached hydrogens (primary N) is 1. The van der Waals surface area contributed by atoms with Gasteiger partial charge in [0, 0.05) is 18.6 Å². The summed E-state index contributed by atoms with van der Waals surface area (Å²) in [6, 6.07) is 1.35. The van der Waals surface area contributed by atoms with E-state index in [1.54, 1.807) is 14.0 Å². The van der Waals surface area contributed by atoms with Gasteiger partial charge < -0.3 is 5.73 Å². The molecule has 0 aliphatic heterocycles. The van der Waals surface area contributed by atoms with Gasteiger partial charge in [0.1, 0.15) is 4.90 Å². The van der Waals surface area contributed by atoms with Gasteiger partial charge in [-0.15, -0.1) is 12.4 Å². The molecule has 2 rings (SSSR count). The third-order valence-electron chi connectivity index (χ3n) is 2.97. The Morgan fingerprint density at radius 2 is 2.09 bits per heavy atom. The van der Waals surface area contributed by atoms with Gasteiger partial charge in [0.05, 0.1) is 18.8 Å². The molecule has 0 atom stereocenters. The van der Waals surface area contributed by atoms with Gasteiger partial charge in [-0.2, -0.15) is 5.10 Å². The molecule has 124 valence electrons. The number of nitrogens with one attached hydrogen (secondary N) is 1. The lowest BCUT2D eigenvalue weighted by Crippen LogP contribution is -2.41. The SMILES string of the molecule is Cc1nn(C)c2ncc(S(=O)(=O)NCC(F)(F)CN)cc12.Cl. The van der Waals surface area contributed by atoms with Crippen LogP contribution in [0.15, 0.2) is 17.2 Å². The fourth-order valence-electron chi connectivity index (χ4n) is 1.79. The van der Waals surface area contributed by atoms with Crippen molar-refractivity contribution >= 4 is 33.5 Å². The highest BCUT2D eigenvalue weighted by molar-refractivity contribution is 7.89. The molecule has 0 bridgehead atoms. The third kappa shape index (κ3) is 3.69. The predicted molar refractivity (Wildman–Crippen MR) is 79.7 cm³/mol. The summed E-state index contributed by atoms with van der Waals surface area (Å²) >= 11 is 0. The van der Waals surface area contributed by atoms with Crippen LogP contribution in [0.3, 0.4) is 0 Å². The average molecular weight is 356 g/mol. The third-order valence-corrected chi connectivity index (χ3v) is 4.34. The first-order valence-electron chi connectivity index (χ1n) is 6.03. The fourth-order valence-corrected chi connectivity index (χ4v) is 2.82. The van der Waals surface area contributed by atoms with Crippen molar-refractivity contribution in [3.8, 4) is 0 Å². The van der Waals surface area contributed by atoms with Crippen LogP contribution in [0, 0.1) is 6.92 Å². The molecule has 2 aromatic heterocycles. The lowest BCUT2D eigenvalue weighted by Gasteiger charge is -2.14. The van der Waals surface area contributed by atoms with Crippen LogP contribution >= 0.6 is 12.4 Å². The molecule has 0 aliphatic rings. The number of pyridine rings is 1. The quantitative estimate of drug-likeness (QED) is 0.816. The van der Waals surface area contributed by atoms with Crippen molar-refractivity contribution in [3.63, 3.8) is 0 Å². The number of halogens is 3. The van der Waals surface area contributed by atoms with Gasteiger partial charge in [0.25, 0.3) is 5.92 Å². The molecule has 0 aliphatic carbocycles. The molecule has 3 N–H and O–H groups in total. The fraction of sp³-hybridized carbons (Fsp3) is 0.455. The second kappa shape index (κ2) is 6.41. The molecule has 0 spiro atoms. The van der Waals surface area contributed by atoms with Gasteiger partial charge in [-0.05, 0) is 13.0 Å². The molecule has 7 nitrogen and oxygen atoms in total. The Hall–Kier alpha value is -1.36. The van der Waals surface area contributed by atoms with Crippen molar-refractivity contribution in [3.05, 3.63) is 18.0 Å². The number of aryl methyl sites for hydroxylation is 2. The van der Waals surface area contributed by atoms with Crippen molar-refractivity contribution in [1.29, 1.82) is 0 Å². The maximum atomic E-state index is 13.0. The Morgan fingerprint density at radius 1 is 1.45 bits per heavy atom. The lowest BCUT2D eigenvalue weighted by atomic mass is 10.3. The molecule has 2 aromatic rings. The first kappa shape index (κ1) is 18.7. The van der Waals surface area contributed by atoms with E-state index in [9.17, 15) is 17.2 Å². The van der Waals surface area contributed by atoms with Crippen LogP contribution in [0.2, 0.25) is 0 Å². The van der Waals surface area contributed by atoms with E-state index < -0.39 is 29.0 Å². The minimum absolute atomic E-state index is 0. The van der Waals surface area contributed by atoms with Crippen molar-refractivity contribution < 1.29 is 17.2 Å². The van der Waals surface area contributed by atoms with E-state index >= 15 is 0 Å². The summed E-state index contributed by atoms with van der Waals surface area (Å²) in [5, 5.41) is 4.66. The largest absolute Gasteiger partial charge is 0.325 e. The number of aromatic nitrogens is 3. The summed E-state index contributed by atoms with van der Waals surface area (Å²) in [6.45, 7) is -0.291. The highest BCUT2D eigenvalue weighted by atomic mass is 35.5. The Labute approximate surface area is 132 Å². The van der Waals surface area contributed by atoms with Crippen LogP contribution in [-0.4, -0.2) is 42.2 Å². The van der Waals surface area contributed by atoms with E-state index in [2.05, 4.69) is 10.1 Å². The predicted octanol–water partition coefficient (Wildman–Crippen LogP) is 0.571. The maximum absolute atomic E-state index is 13.0. The molecule has 0 saturated heterocycles. The number of hydrogen-bond donors (Lipinski definition) is 2. The van der Waals surface area contributed by atoms with E-state index in [0.29, 0.717) is 16.7 Å². The zero-order valence-corrected chi connectivity index (χ0v) is 13.5. The Morgan fingerprint density at radius 3 is 2.68 bits per heavy atom. The first-order valence-corrected chi connectivity index (χ1v) is 7.51. The molecule has 2 heterocycles. The van der Waals surface area contributed by atoms with Crippen molar-refractivity contribution in [2.75, 3.05) is 13.1 Å². The number of fused-ring (bicyclic) bond motifs is 1. The molecule has 0 saturated carbocycles. The molecular weight excluding hydrogens is 340 g/mol. The molecule has 22 heavy (non-hydrogen) atoms. The number of hydrogen-bond acceptors (Lipinski definition) is 5. The molecule has 0 aromatic carbocycles. The second-order valence-corrected chi connectivity index (χ2v) is 6.40. The highest BCUT2D eigenvalue weighted by Crippen LogP contribution is 2.19. The van der Waals surface area contributed by atoms with Crippen molar-refractivity contribution in [2.24, 2.45) is 12.8 Å². The van der Waals surface area contributed by atoms with Crippen LogP contribution in [0.25, 0.3) is 11.0 Å². The topological polar surface area (TPSA) is 103 Å². The Balaban J connectivity index is 0.00000242. The van der Waals surface area contributed by atoms with E-state index in [1.165, 1.54) is 10.7 Å². The summed E-state index contributed by atoms with van der Waals surface area (Å²) in [6.07, 6.45) is 1.10. The number of rotatable bonds is 5. The van der Waals surface area contributed by atoms with Gasteiger partial charge in [-0.25, -0.2) is 26.9 Å². The highest BCUT2D eigenvalue weighted by Gasteiger charge is 2.29. The van der Waals surface area contributed by atoms with E-state index in [-0.39, 0.29) is 17.3 Å².